The Kier molecular flexibility index (Phi) is 4.11. The fraction of sp³-hybridized carbons (Fsp3) is 0.278. The Bertz CT molecular complexity index is 762. The molecule has 22 heavy (non-hydrogen) atoms. The van der Waals surface area contributed by atoms with E-state index < -0.39 is 6.10 Å². The highest BCUT2D eigenvalue weighted by Gasteiger charge is 2.16. The number of hydrogen-bond acceptors (Lipinski definition) is 2. The molecule has 0 saturated heterocycles. The summed E-state index contributed by atoms with van der Waals surface area (Å²) in [4.78, 5) is 0. The van der Waals surface area contributed by atoms with E-state index >= 15 is 0 Å². The molecule has 3 aromatic rings. The largest absolute Gasteiger partial charge is 0.491 e. The van der Waals surface area contributed by atoms with Crippen LogP contribution < -0.4 is 9.30 Å². The first-order valence-electron chi connectivity index (χ1n) is 7.44. The van der Waals surface area contributed by atoms with Crippen LogP contribution in [0.25, 0.3) is 11.0 Å². The number of ether oxygens (including phenoxy) is 1. The minimum Gasteiger partial charge on any atom is -0.491 e. The molecule has 0 fully saturated rings. The second-order valence-electron chi connectivity index (χ2n) is 5.65. The van der Waals surface area contributed by atoms with E-state index in [0.717, 1.165) is 16.8 Å². The number of aliphatic hydroxyl groups excluding tert-OH is 1. The molecule has 1 atom stereocenters. The number of fused-ring (bicyclic) bond motifs is 1. The van der Waals surface area contributed by atoms with Gasteiger partial charge in [0.1, 0.15) is 25.0 Å². The van der Waals surface area contributed by atoms with Gasteiger partial charge in [0.25, 0.3) is 0 Å². The van der Waals surface area contributed by atoms with E-state index in [1.807, 2.05) is 56.7 Å². The van der Waals surface area contributed by atoms with Crippen molar-refractivity contribution in [3.8, 4) is 5.75 Å². The lowest BCUT2D eigenvalue weighted by molar-refractivity contribution is -0.645. The molecule has 3 rings (SSSR count). The quantitative estimate of drug-likeness (QED) is 0.733. The molecule has 0 aliphatic heterocycles. The Morgan fingerprint density at radius 2 is 1.86 bits per heavy atom. The van der Waals surface area contributed by atoms with Crippen molar-refractivity contribution in [2.24, 2.45) is 7.05 Å². The lowest BCUT2D eigenvalue weighted by Gasteiger charge is -2.11. The zero-order valence-corrected chi connectivity index (χ0v) is 12.9. The monoisotopic (exact) mass is 297 g/mol. The molecular formula is C18H21N2O2+. The Hall–Kier alpha value is -2.33. The summed E-state index contributed by atoms with van der Waals surface area (Å²) >= 11 is 0. The smallest absolute Gasteiger partial charge is 0.244 e. The normalized spacial score (nSPS) is 12.5. The fourth-order valence-corrected chi connectivity index (χ4v) is 2.59. The molecule has 2 aromatic carbocycles. The minimum absolute atomic E-state index is 0.277. The zero-order valence-electron chi connectivity index (χ0n) is 12.9. The summed E-state index contributed by atoms with van der Waals surface area (Å²) in [5, 5.41) is 10.2. The van der Waals surface area contributed by atoms with Crippen molar-refractivity contribution in [2.45, 2.75) is 19.6 Å². The Morgan fingerprint density at radius 1 is 1.14 bits per heavy atom. The molecule has 0 saturated carbocycles. The number of aliphatic hydroxyl groups is 1. The molecule has 1 aromatic heterocycles. The van der Waals surface area contributed by atoms with Gasteiger partial charge in [0, 0.05) is 0 Å². The summed E-state index contributed by atoms with van der Waals surface area (Å²) < 4.78 is 9.76. The van der Waals surface area contributed by atoms with Gasteiger partial charge in [0.2, 0.25) is 6.33 Å². The van der Waals surface area contributed by atoms with Gasteiger partial charge in [-0.3, -0.25) is 0 Å². The Morgan fingerprint density at radius 3 is 2.64 bits per heavy atom. The average molecular weight is 297 g/mol. The van der Waals surface area contributed by atoms with E-state index in [1.165, 1.54) is 5.56 Å². The standard InChI is InChI=1S/C18H21N2O2/c1-14-7-9-16(10-8-14)22-12-15(21)11-20-13-19(2)17-5-3-4-6-18(17)20/h3-10,13,15,21H,11-12H2,1-2H3/q+1/t15-/m0/s1. The molecule has 0 bridgehead atoms. The number of benzene rings is 2. The molecule has 4 heteroatoms. The van der Waals surface area contributed by atoms with E-state index in [9.17, 15) is 5.11 Å². The van der Waals surface area contributed by atoms with Crippen LogP contribution in [0.5, 0.6) is 5.75 Å². The van der Waals surface area contributed by atoms with E-state index in [4.69, 9.17) is 4.74 Å². The summed E-state index contributed by atoms with van der Waals surface area (Å²) in [6, 6.07) is 16.0. The van der Waals surface area contributed by atoms with Crippen molar-refractivity contribution in [1.29, 1.82) is 0 Å². The molecular weight excluding hydrogens is 276 g/mol. The van der Waals surface area contributed by atoms with Crippen LogP contribution in [0.15, 0.2) is 54.9 Å². The first-order valence-corrected chi connectivity index (χ1v) is 7.44. The molecule has 0 amide bonds. The number of imidazole rings is 1. The molecule has 1 heterocycles. The van der Waals surface area contributed by atoms with Gasteiger partial charge in [0.15, 0.2) is 11.0 Å². The molecule has 4 nitrogen and oxygen atoms in total. The van der Waals surface area contributed by atoms with Crippen molar-refractivity contribution in [3.05, 3.63) is 60.4 Å². The van der Waals surface area contributed by atoms with Gasteiger partial charge in [-0.15, -0.1) is 0 Å². The lowest BCUT2D eigenvalue weighted by Crippen LogP contribution is -2.27. The van der Waals surface area contributed by atoms with Gasteiger partial charge < -0.3 is 9.84 Å². The van der Waals surface area contributed by atoms with Crippen molar-refractivity contribution >= 4 is 11.0 Å². The van der Waals surface area contributed by atoms with Gasteiger partial charge in [-0.2, -0.15) is 0 Å². The van der Waals surface area contributed by atoms with Crippen LogP contribution >= 0.6 is 0 Å². The Labute approximate surface area is 130 Å². The van der Waals surface area contributed by atoms with Crippen LogP contribution in [-0.2, 0) is 13.6 Å². The predicted molar refractivity (Wildman–Crippen MR) is 85.8 cm³/mol. The first kappa shape index (κ1) is 14.6. The molecule has 0 aliphatic carbocycles. The average Bonchev–Trinajstić information content (AvgIpc) is 2.83. The van der Waals surface area contributed by atoms with Crippen LogP contribution in [0, 0.1) is 6.92 Å². The SMILES string of the molecule is Cc1ccc(OC[C@@H](O)Cn2c[n+](C)c3ccccc32)cc1. The summed E-state index contributed by atoms with van der Waals surface area (Å²) in [6.45, 7) is 2.82. The van der Waals surface area contributed by atoms with E-state index in [2.05, 4.69) is 21.3 Å². The maximum atomic E-state index is 10.2. The van der Waals surface area contributed by atoms with Gasteiger partial charge in [-0.05, 0) is 31.2 Å². The summed E-state index contributed by atoms with van der Waals surface area (Å²) in [5.41, 5.74) is 3.45. The third-order valence-electron chi connectivity index (χ3n) is 3.75. The molecule has 0 unspecified atom stereocenters. The van der Waals surface area contributed by atoms with Crippen LogP contribution in [0.2, 0.25) is 0 Å². The summed E-state index contributed by atoms with van der Waals surface area (Å²) in [7, 11) is 2.01. The van der Waals surface area contributed by atoms with Crippen molar-refractivity contribution in [3.63, 3.8) is 0 Å². The number of nitrogens with zero attached hydrogens (tertiary/aromatic N) is 2. The number of para-hydroxylation sites is 2. The van der Waals surface area contributed by atoms with E-state index in [1.54, 1.807) is 0 Å². The second-order valence-corrected chi connectivity index (χ2v) is 5.65. The van der Waals surface area contributed by atoms with E-state index in [-0.39, 0.29) is 6.61 Å². The minimum atomic E-state index is -0.558. The zero-order chi connectivity index (χ0) is 15.5. The fourth-order valence-electron chi connectivity index (χ4n) is 2.59. The Balaban J connectivity index is 1.65. The third-order valence-corrected chi connectivity index (χ3v) is 3.75. The van der Waals surface area contributed by atoms with Gasteiger partial charge in [-0.1, -0.05) is 29.8 Å². The van der Waals surface area contributed by atoms with Crippen molar-refractivity contribution in [1.82, 2.24) is 4.57 Å². The van der Waals surface area contributed by atoms with Crippen LogP contribution in [-0.4, -0.2) is 22.4 Å². The summed E-state index contributed by atoms with van der Waals surface area (Å²) in [6.07, 6.45) is 1.44. The van der Waals surface area contributed by atoms with Gasteiger partial charge in [0.05, 0.1) is 7.05 Å². The van der Waals surface area contributed by atoms with Crippen molar-refractivity contribution < 1.29 is 14.4 Å². The lowest BCUT2D eigenvalue weighted by atomic mass is 10.2. The molecule has 0 radical (unpaired) electrons. The molecule has 0 aliphatic rings. The topological polar surface area (TPSA) is 38.3 Å². The number of rotatable bonds is 5. The number of aromatic nitrogens is 2. The second kappa shape index (κ2) is 6.20. The van der Waals surface area contributed by atoms with Crippen molar-refractivity contribution in [2.75, 3.05) is 6.61 Å². The molecule has 114 valence electrons. The maximum Gasteiger partial charge on any atom is 0.244 e. The van der Waals surface area contributed by atoms with Crippen LogP contribution in [0.4, 0.5) is 0 Å². The van der Waals surface area contributed by atoms with Crippen LogP contribution in [0.3, 0.4) is 0 Å². The highest BCUT2D eigenvalue weighted by molar-refractivity contribution is 5.71. The summed E-state index contributed by atoms with van der Waals surface area (Å²) in [5.74, 6) is 0.785. The van der Waals surface area contributed by atoms with Crippen LogP contribution in [0.1, 0.15) is 5.56 Å². The number of aryl methyl sites for hydroxylation is 2. The maximum absolute atomic E-state index is 10.2. The predicted octanol–water partition coefficient (Wildman–Crippen LogP) is 2.21. The number of hydrogen-bond donors (Lipinski definition) is 1. The highest BCUT2D eigenvalue weighted by atomic mass is 16.5. The van der Waals surface area contributed by atoms with Gasteiger partial charge >= 0.3 is 0 Å². The molecule has 0 spiro atoms. The van der Waals surface area contributed by atoms with E-state index in [0.29, 0.717) is 6.54 Å². The molecule has 1 N–H and O–H groups in total. The third kappa shape index (κ3) is 3.12. The highest BCUT2D eigenvalue weighted by Crippen LogP contribution is 2.13. The first-order chi connectivity index (χ1) is 10.6. The van der Waals surface area contributed by atoms with Gasteiger partial charge in [-0.25, -0.2) is 9.13 Å².